The zero-order valence-corrected chi connectivity index (χ0v) is 11.9. The molecular formula is C14H22N2O5. The predicted molar refractivity (Wildman–Crippen MR) is 73.4 cm³/mol. The van der Waals surface area contributed by atoms with Crippen LogP contribution >= 0.6 is 0 Å². The highest BCUT2D eigenvalue weighted by molar-refractivity contribution is 5.83. The Kier molecular flexibility index (Phi) is 4.82. The molecule has 1 amide bonds. The number of piperidine rings is 1. The molecule has 0 radical (unpaired) electrons. The van der Waals surface area contributed by atoms with Crippen LogP contribution in [0.4, 0.5) is 0 Å². The van der Waals surface area contributed by atoms with Crippen molar-refractivity contribution in [2.24, 2.45) is 23.5 Å². The maximum Gasteiger partial charge on any atom is 0.309 e. The van der Waals surface area contributed by atoms with Gasteiger partial charge in [-0.2, -0.15) is 0 Å². The molecule has 7 nitrogen and oxygen atoms in total. The van der Waals surface area contributed by atoms with Gasteiger partial charge in [0.05, 0.1) is 11.8 Å². The SMILES string of the molecule is NC1CCC(C(=O)N2CCC(C(=O)O)C(C(=O)O)C2)CC1. The quantitative estimate of drug-likeness (QED) is 0.681. The second-order valence-electron chi connectivity index (χ2n) is 6.07. The van der Waals surface area contributed by atoms with E-state index < -0.39 is 23.8 Å². The van der Waals surface area contributed by atoms with Crippen LogP contribution in [0.5, 0.6) is 0 Å². The molecule has 2 unspecified atom stereocenters. The van der Waals surface area contributed by atoms with E-state index in [1.165, 1.54) is 4.90 Å². The Morgan fingerprint density at radius 3 is 2.00 bits per heavy atom. The van der Waals surface area contributed by atoms with Crippen molar-refractivity contribution in [1.82, 2.24) is 4.90 Å². The number of nitrogens with two attached hydrogens (primary N) is 1. The molecule has 2 atom stereocenters. The fraction of sp³-hybridized carbons (Fsp3) is 0.786. The number of rotatable bonds is 3. The summed E-state index contributed by atoms with van der Waals surface area (Å²) >= 11 is 0. The summed E-state index contributed by atoms with van der Waals surface area (Å²) in [6.45, 7) is 0.315. The van der Waals surface area contributed by atoms with E-state index in [0.29, 0.717) is 6.54 Å². The van der Waals surface area contributed by atoms with Crippen molar-refractivity contribution in [2.75, 3.05) is 13.1 Å². The molecule has 21 heavy (non-hydrogen) atoms. The molecule has 2 aliphatic rings. The van der Waals surface area contributed by atoms with Crippen molar-refractivity contribution < 1.29 is 24.6 Å². The van der Waals surface area contributed by atoms with Crippen molar-refractivity contribution >= 4 is 17.8 Å². The van der Waals surface area contributed by atoms with Crippen LogP contribution in [0, 0.1) is 17.8 Å². The molecule has 7 heteroatoms. The summed E-state index contributed by atoms with van der Waals surface area (Å²) in [5, 5.41) is 18.3. The molecule has 0 aromatic heterocycles. The molecule has 4 N–H and O–H groups in total. The molecule has 1 heterocycles. The van der Waals surface area contributed by atoms with Crippen LogP contribution in [0.3, 0.4) is 0 Å². The van der Waals surface area contributed by atoms with E-state index in [1.807, 2.05) is 0 Å². The van der Waals surface area contributed by atoms with Crippen LogP contribution in [-0.2, 0) is 14.4 Å². The van der Waals surface area contributed by atoms with Gasteiger partial charge in [-0.3, -0.25) is 14.4 Å². The van der Waals surface area contributed by atoms with E-state index in [-0.39, 0.29) is 30.8 Å². The lowest BCUT2D eigenvalue weighted by Crippen LogP contribution is -2.50. The smallest absolute Gasteiger partial charge is 0.309 e. The summed E-state index contributed by atoms with van der Waals surface area (Å²) in [5.41, 5.74) is 5.82. The van der Waals surface area contributed by atoms with Crippen molar-refractivity contribution in [1.29, 1.82) is 0 Å². The standard InChI is InChI=1S/C14H22N2O5/c15-9-3-1-8(2-4-9)12(17)16-6-5-10(13(18)19)11(7-16)14(20)21/h8-11H,1-7,15H2,(H,18,19)(H,20,21). The number of carbonyl (C=O) groups excluding carboxylic acids is 1. The molecule has 1 aliphatic heterocycles. The third kappa shape index (κ3) is 3.53. The Morgan fingerprint density at radius 1 is 0.905 bits per heavy atom. The summed E-state index contributed by atoms with van der Waals surface area (Å²) in [4.78, 5) is 36.3. The zero-order valence-electron chi connectivity index (χ0n) is 11.9. The fourth-order valence-corrected chi connectivity index (χ4v) is 3.32. The molecule has 118 valence electrons. The van der Waals surface area contributed by atoms with E-state index in [9.17, 15) is 19.5 Å². The van der Waals surface area contributed by atoms with E-state index in [0.717, 1.165) is 25.7 Å². The lowest BCUT2D eigenvalue weighted by atomic mass is 9.82. The zero-order chi connectivity index (χ0) is 15.6. The number of aliphatic carboxylic acids is 2. The van der Waals surface area contributed by atoms with Gasteiger partial charge in [0.15, 0.2) is 0 Å². The van der Waals surface area contributed by atoms with E-state index in [2.05, 4.69) is 0 Å². The molecule has 2 rings (SSSR count). The van der Waals surface area contributed by atoms with Crippen LogP contribution in [0.2, 0.25) is 0 Å². The molecule has 1 aliphatic carbocycles. The number of nitrogens with zero attached hydrogens (tertiary/aromatic N) is 1. The molecule has 1 saturated heterocycles. The summed E-state index contributed by atoms with van der Waals surface area (Å²) in [7, 11) is 0. The first-order valence-electron chi connectivity index (χ1n) is 7.40. The van der Waals surface area contributed by atoms with E-state index >= 15 is 0 Å². The second kappa shape index (κ2) is 6.43. The van der Waals surface area contributed by atoms with Crippen LogP contribution in [0.1, 0.15) is 32.1 Å². The van der Waals surface area contributed by atoms with Crippen LogP contribution in [0.15, 0.2) is 0 Å². The molecular weight excluding hydrogens is 276 g/mol. The number of carboxylic acids is 2. The average Bonchev–Trinajstić information content (AvgIpc) is 2.46. The van der Waals surface area contributed by atoms with Gasteiger partial charge in [-0.05, 0) is 32.1 Å². The molecule has 0 bridgehead atoms. The van der Waals surface area contributed by atoms with E-state index in [1.54, 1.807) is 0 Å². The van der Waals surface area contributed by atoms with E-state index in [4.69, 9.17) is 10.8 Å². The van der Waals surface area contributed by atoms with Crippen molar-refractivity contribution in [3.05, 3.63) is 0 Å². The fourth-order valence-electron chi connectivity index (χ4n) is 3.32. The minimum Gasteiger partial charge on any atom is -0.481 e. The lowest BCUT2D eigenvalue weighted by molar-refractivity contribution is -0.160. The summed E-state index contributed by atoms with van der Waals surface area (Å²) in [6, 6.07) is 0.151. The van der Waals surface area contributed by atoms with Crippen molar-refractivity contribution in [3.63, 3.8) is 0 Å². The topological polar surface area (TPSA) is 121 Å². The van der Waals surface area contributed by atoms with Gasteiger partial charge in [0.2, 0.25) is 5.91 Å². The van der Waals surface area contributed by atoms with Crippen LogP contribution in [0.25, 0.3) is 0 Å². The van der Waals surface area contributed by atoms with Gasteiger partial charge in [-0.15, -0.1) is 0 Å². The van der Waals surface area contributed by atoms with Gasteiger partial charge in [0.1, 0.15) is 0 Å². The van der Waals surface area contributed by atoms with Gasteiger partial charge in [-0.25, -0.2) is 0 Å². The molecule has 2 fully saturated rings. The Balaban J connectivity index is 2.00. The van der Waals surface area contributed by atoms with Crippen molar-refractivity contribution in [2.45, 2.75) is 38.1 Å². The number of likely N-dealkylation sites (tertiary alicyclic amines) is 1. The summed E-state index contributed by atoms with van der Waals surface area (Å²) < 4.78 is 0. The number of carbonyl (C=O) groups is 3. The monoisotopic (exact) mass is 298 g/mol. The Labute approximate surface area is 123 Å². The third-order valence-corrected chi connectivity index (χ3v) is 4.68. The van der Waals surface area contributed by atoms with Gasteiger partial charge in [0, 0.05) is 25.0 Å². The van der Waals surface area contributed by atoms with Gasteiger partial charge < -0.3 is 20.8 Å². The van der Waals surface area contributed by atoms with Gasteiger partial charge in [-0.1, -0.05) is 0 Å². The lowest BCUT2D eigenvalue weighted by Gasteiger charge is -2.37. The number of amides is 1. The maximum atomic E-state index is 12.4. The normalized spacial score (nSPS) is 33.5. The maximum absolute atomic E-state index is 12.4. The predicted octanol–water partition coefficient (Wildman–Crippen LogP) is 0.138. The highest BCUT2D eigenvalue weighted by Crippen LogP contribution is 2.29. The second-order valence-corrected chi connectivity index (χ2v) is 6.07. The van der Waals surface area contributed by atoms with Gasteiger partial charge in [0.25, 0.3) is 0 Å². The highest BCUT2D eigenvalue weighted by atomic mass is 16.4. The van der Waals surface area contributed by atoms with Gasteiger partial charge >= 0.3 is 11.9 Å². The first kappa shape index (κ1) is 15.8. The average molecular weight is 298 g/mol. The first-order valence-corrected chi connectivity index (χ1v) is 7.40. The first-order chi connectivity index (χ1) is 9.90. The Hall–Kier alpha value is -1.63. The molecule has 1 saturated carbocycles. The Morgan fingerprint density at radius 2 is 1.48 bits per heavy atom. The molecule has 0 aromatic carbocycles. The minimum absolute atomic E-state index is 0.00626. The minimum atomic E-state index is -1.15. The summed E-state index contributed by atoms with van der Waals surface area (Å²) in [5.74, 6) is -4.32. The van der Waals surface area contributed by atoms with Crippen LogP contribution in [-0.4, -0.2) is 52.1 Å². The number of hydrogen-bond donors (Lipinski definition) is 3. The third-order valence-electron chi connectivity index (χ3n) is 4.68. The largest absolute Gasteiger partial charge is 0.481 e. The number of hydrogen-bond acceptors (Lipinski definition) is 4. The van der Waals surface area contributed by atoms with Crippen molar-refractivity contribution in [3.8, 4) is 0 Å². The summed E-state index contributed by atoms with van der Waals surface area (Å²) in [6.07, 6.45) is 3.28. The number of carboxylic acid groups (broad SMARTS) is 2. The highest BCUT2D eigenvalue weighted by Gasteiger charge is 2.41. The Bertz CT molecular complexity index is 431. The molecule has 0 aromatic rings. The molecule has 0 spiro atoms. The van der Waals surface area contributed by atoms with Crippen LogP contribution < -0.4 is 5.73 Å².